The summed E-state index contributed by atoms with van der Waals surface area (Å²) in [6, 6.07) is 6.07. The molecule has 3 rings (SSSR count). The molecule has 0 aromatic heterocycles. The third-order valence-electron chi connectivity index (χ3n) is 6.43. The Labute approximate surface area is 209 Å². The molecule has 1 fully saturated rings. The summed E-state index contributed by atoms with van der Waals surface area (Å²) in [5, 5.41) is 5.42. The van der Waals surface area contributed by atoms with Gasteiger partial charge in [0.2, 0.25) is 0 Å². The van der Waals surface area contributed by atoms with E-state index in [-0.39, 0.29) is 27.9 Å². The second kappa shape index (κ2) is 9.64. The molecule has 1 saturated carbocycles. The van der Waals surface area contributed by atoms with Crippen LogP contribution in [0.5, 0.6) is 0 Å². The molecular weight excluding hydrogens is 505 g/mol. The number of halogens is 7. The fraction of sp³-hybridized carbons (Fsp3) is 0.462. The Balaban J connectivity index is 1.90. The number of nitrogens with one attached hydrogen (secondary N) is 2. The van der Waals surface area contributed by atoms with Crippen molar-refractivity contribution in [2.75, 3.05) is 5.32 Å². The maximum atomic E-state index is 14.4. The van der Waals surface area contributed by atoms with E-state index in [0.717, 1.165) is 32.3 Å². The lowest BCUT2D eigenvalue weighted by molar-refractivity contribution is -0.348. The van der Waals surface area contributed by atoms with E-state index < -0.39 is 35.4 Å². The summed E-state index contributed by atoms with van der Waals surface area (Å²) in [5.41, 5.74) is -7.34. The van der Waals surface area contributed by atoms with Crippen LogP contribution in [0.1, 0.15) is 70.5 Å². The van der Waals surface area contributed by atoms with E-state index in [1.54, 1.807) is 19.1 Å². The number of anilines is 1. The van der Waals surface area contributed by atoms with Crippen LogP contribution in [0.4, 0.5) is 36.4 Å². The molecule has 4 nitrogen and oxygen atoms in total. The predicted octanol–water partition coefficient (Wildman–Crippen LogP) is 7.15. The number of benzene rings is 2. The average molecular weight is 533 g/mol. The molecule has 0 bridgehead atoms. The first-order valence-electron chi connectivity index (χ1n) is 11.6. The van der Waals surface area contributed by atoms with Crippen molar-refractivity contribution in [3.63, 3.8) is 0 Å². The molecule has 11 heteroatoms. The smallest absolute Gasteiger partial charge is 0.347 e. The van der Waals surface area contributed by atoms with Gasteiger partial charge in [0.05, 0.1) is 11.1 Å². The number of carbonyl (C=O) groups is 2. The topological polar surface area (TPSA) is 58.2 Å². The van der Waals surface area contributed by atoms with Gasteiger partial charge in [0.15, 0.2) is 0 Å². The number of amides is 2. The van der Waals surface area contributed by atoms with Gasteiger partial charge in [-0.25, -0.2) is 4.39 Å². The molecule has 2 aromatic carbocycles. The summed E-state index contributed by atoms with van der Waals surface area (Å²) in [4.78, 5) is 26.2. The molecule has 0 heterocycles. The van der Waals surface area contributed by atoms with E-state index in [0.29, 0.717) is 23.6 Å². The molecule has 37 heavy (non-hydrogen) atoms. The quantitative estimate of drug-likeness (QED) is 0.372. The number of alkyl halides is 7. The van der Waals surface area contributed by atoms with Gasteiger partial charge in [0.1, 0.15) is 0 Å². The van der Waals surface area contributed by atoms with Crippen molar-refractivity contribution in [1.29, 1.82) is 0 Å². The molecular formula is C26H27F7N2O2. The molecule has 0 aliphatic heterocycles. The van der Waals surface area contributed by atoms with Gasteiger partial charge in [0.25, 0.3) is 11.8 Å². The first-order chi connectivity index (χ1) is 16.9. The zero-order valence-electron chi connectivity index (χ0n) is 20.6. The molecule has 0 unspecified atom stereocenters. The normalized spacial score (nSPS) is 15.5. The highest BCUT2D eigenvalue weighted by Gasteiger charge is 2.73. The number of carbonyl (C=O) groups excluding carboxylic acids is 2. The summed E-state index contributed by atoms with van der Waals surface area (Å²) < 4.78 is 93.0. The minimum absolute atomic E-state index is 0.0215. The SMILES string of the molecule is Cc1cc(C(F)(C(F)(F)F)C(F)(F)F)ccc1NC(=O)c1cccc(C)c1C(=O)NC1(CC(C)C)CC1. The van der Waals surface area contributed by atoms with Crippen molar-refractivity contribution >= 4 is 17.5 Å². The zero-order valence-corrected chi connectivity index (χ0v) is 20.6. The minimum Gasteiger partial charge on any atom is -0.347 e. The maximum Gasteiger partial charge on any atom is 0.435 e. The van der Waals surface area contributed by atoms with Crippen molar-refractivity contribution in [3.05, 3.63) is 64.2 Å². The lowest BCUT2D eigenvalue weighted by atomic mass is 9.92. The van der Waals surface area contributed by atoms with Gasteiger partial charge in [-0.3, -0.25) is 9.59 Å². The van der Waals surface area contributed by atoms with Crippen molar-refractivity contribution in [2.24, 2.45) is 5.92 Å². The van der Waals surface area contributed by atoms with E-state index in [2.05, 4.69) is 10.6 Å². The van der Waals surface area contributed by atoms with Crippen molar-refractivity contribution in [3.8, 4) is 0 Å². The number of hydrogen-bond donors (Lipinski definition) is 2. The Kier molecular flexibility index (Phi) is 7.42. The minimum atomic E-state index is -6.25. The third-order valence-corrected chi connectivity index (χ3v) is 6.43. The molecule has 1 aliphatic rings. The van der Waals surface area contributed by atoms with Gasteiger partial charge >= 0.3 is 18.0 Å². The third kappa shape index (κ3) is 5.60. The Morgan fingerprint density at radius 1 is 0.892 bits per heavy atom. The molecule has 2 N–H and O–H groups in total. The first kappa shape index (κ1) is 28.5. The van der Waals surface area contributed by atoms with Crippen LogP contribution in [0.3, 0.4) is 0 Å². The van der Waals surface area contributed by atoms with Crippen LogP contribution in [0.25, 0.3) is 0 Å². The van der Waals surface area contributed by atoms with Gasteiger partial charge in [-0.05, 0) is 62.3 Å². The van der Waals surface area contributed by atoms with Crippen LogP contribution < -0.4 is 10.6 Å². The molecule has 1 aliphatic carbocycles. The van der Waals surface area contributed by atoms with E-state index >= 15 is 0 Å². The molecule has 0 spiro atoms. The van der Waals surface area contributed by atoms with Crippen LogP contribution in [0.15, 0.2) is 36.4 Å². The summed E-state index contributed by atoms with van der Waals surface area (Å²) in [6.07, 6.45) is -10.1. The summed E-state index contributed by atoms with van der Waals surface area (Å²) >= 11 is 0. The number of hydrogen-bond acceptors (Lipinski definition) is 2. The monoisotopic (exact) mass is 532 g/mol. The summed E-state index contributed by atoms with van der Waals surface area (Å²) in [6.45, 7) is 6.84. The fourth-order valence-electron chi connectivity index (χ4n) is 4.47. The molecule has 2 amide bonds. The standard InChI is InChI=1S/C26H27F7N2O2/c1-14(2)13-23(10-11-23)35-22(37)20-15(3)6-5-7-18(20)21(36)34-19-9-8-17(12-16(19)4)24(27,25(28,29)30)26(31,32)33/h5-9,12,14H,10-11,13H2,1-4H3,(H,34,36)(H,35,37). The molecule has 0 atom stereocenters. The highest BCUT2D eigenvalue weighted by atomic mass is 19.4. The Morgan fingerprint density at radius 3 is 1.97 bits per heavy atom. The van der Waals surface area contributed by atoms with Crippen molar-refractivity contribution in [1.82, 2.24) is 5.32 Å². The Hall–Kier alpha value is -3.11. The zero-order chi connectivity index (χ0) is 28.0. The Morgan fingerprint density at radius 2 is 1.49 bits per heavy atom. The van der Waals surface area contributed by atoms with Gasteiger partial charge in [-0.1, -0.05) is 38.1 Å². The molecule has 202 valence electrons. The first-order valence-corrected chi connectivity index (χ1v) is 11.6. The van der Waals surface area contributed by atoms with Crippen LogP contribution >= 0.6 is 0 Å². The summed E-state index contributed by atoms with van der Waals surface area (Å²) in [7, 11) is 0. The number of rotatable bonds is 7. The maximum absolute atomic E-state index is 14.4. The van der Waals surface area contributed by atoms with Crippen molar-refractivity contribution in [2.45, 2.75) is 70.5 Å². The van der Waals surface area contributed by atoms with Crippen LogP contribution in [-0.4, -0.2) is 29.7 Å². The van der Waals surface area contributed by atoms with E-state index in [1.165, 1.54) is 6.07 Å². The molecule has 0 radical (unpaired) electrons. The predicted molar refractivity (Wildman–Crippen MR) is 124 cm³/mol. The second-order valence-corrected chi connectivity index (χ2v) is 9.97. The van der Waals surface area contributed by atoms with Gasteiger partial charge in [-0.15, -0.1) is 0 Å². The highest BCUT2D eigenvalue weighted by molar-refractivity contribution is 6.13. The fourth-order valence-corrected chi connectivity index (χ4v) is 4.47. The van der Waals surface area contributed by atoms with Crippen LogP contribution in [0.2, 0.25) is 0 Å². The summed E-state index contributed by atoms with van der Waals surface area (Å²) in [5.74, 6) is -0.909. The van der Waals surface area contributed by atoms with Crippen molar-refractivity contribution < 1.29 is 40.3 Å². The van der Waals surface area contributed by atoms with Crippen LogP contribution in [0, 0.1) is 19.8 Å². The molecule has 0 saturated heterocycles. The highest BCUT2D eigenvalue weighted by Crippen LogP contribution is 2.53. The molecule has 2 aromatic rings. The van der Waals surface area contributed by atoms with Gasteiger partial charge in [0, 0.05) is 16.8 Å². The van der Waals surface area contributed by atoms with E-state index in [1.807, 2.05) is 13.8 Å². The Bertz CT molecular complexity index is 1180. The average Bonchev–Trinajstić information content (AvgIpc) is 3.50. The lowest BCUT2D eigenvalue weighted by Gasteiger charge is -2.30. The van der Waals surface area contributed by atoms with Gasteiger partial charge < -0.3 is 10.6 Å². The second-order valence-electron chi connectivity index (χ2n) is 9.97. The number of aryl methyl sites for hydroxylation is 2. The van der Waals surface area contributed by atoms with E-state index in [9.17, 15) is 40.3 Å². The lowest BCUT2D eigenvalue weighted by Crippen LogP contribution is -2.50. The van der Waals surface area contributed by atoms with Crippen LogP contribution in [-0.2, 0) is 5.67 Å². The largest absolute Gasteiger partial charge is 0.435 e. The van der Waals surface area contributed by atoms with Gasteiger partial charge in [-0.2, -0.15) is 26.3 Å². The van der Waals surface area contributed by atoms with E-state index in [4.69, 9.17) is 0 Å².